The number of nitrogens with zero attached hydrogens (tertiary/aromatic N) is 2. The topological polar surface area (TPSA) is 70.8 Å². The second-order valence-corrected chi connectivity index (χ2v) is 11.0. The van der Waals surface area contributed by atoms with Crippen LogP contribution in [0.1, 0.15) is 25.2 Å². The van der Waals surface area contributed by atoms with Gasteiger partial charge in [-0.1, -0.05) is 62.4 Å². The van der Waals surface area contributed by atoms with E-state index in [2.05, 4.69) is 0 Å². The van der Waals surface area contributed by atoms with Crippen molar-refractivity contribution in [1.29, 1.82) is 0 Å². The van der Waals surface area contributed by atoms with E-state index in [1.807, 2.05) is 32.0 Å². The number of hydrogen-bond donors (Lipinski definition) is 0. The SMILES string of the molecule is CC(C)CN(CC(=O)N(Cc1ccc(F)cc1)Cc1ccco1)S(=O)(=O)c1cccc2ccccc12. The zero-order valence-corrected chi connectivity index (χ0v) is 21.1. The van der Waals surface area contributed by atoms with E-state index in [0.29, 0.717) is 11.1 Å². The second-order valence-electron chi connectivity index (χ2n) is 9.12. The van der Waals surface area contributed by atoms with Crippen LogP contribution in [-0.2, 0) is 27.9 Å². The van der Waals surface area contributed by atoms with Crippen LogP contribution in [0.15, 0.2) is 94.4 Å². The maximum Gasteiger partial charge on any atom is 0.244 e. The quantitative estimate of drug-likeness (QED) is 0.286. The maximum absolute atomic E-state index is 13.8. The highest BCUT2D eigenvalue weighted by molar-refractivity contribution is 7.89. The lowest BCUT2D eigenvalue weighted by molar-refractivity contribution is -0.133. The molecule has 0 radical (unpaired) electrons. The van der Waals surface area contributed by atoms with Crippen LogP contribution >= 0.6 is 0 Å². The molecule has 0 saturated heterocycles. The normalized spacial score (nSPS) is 11.9. The zero-order chi connectivity index (χ0) is 25.7. The summed E-state index contributed by atoms with van der Waals surface area (Å²) in [6.45, 7) is 4.02. The summed E-state index contributed by atoms with van der Waals surface area (Å²) >= 11 is 0. The molecule has 1 amide bonds. The molecule has 0 unspecified atom stereocenters. The largest absolute Gasteiger partial charge is 0.467 e. The van der Waals surface area contributed by atoms with E-state index < -0.39 is 10.0 Å². The van der Waals surface area contributed by atoms with Gasteiger partial charge in [0.05, 0.1) is 24.2 Å². The van der Waals surface area contributed by atoms with Crippen molar-refractivity contribution in [2.75, 3.05) is 13.1 Å². The molecule has 0 atom stereocenters. The molecule has 0 N–H and O–H groups in total. The van der Waals surface area contributed by atoms with E-state index in [0.717, 1.165) is 10.9 Å². The fourth-order valence-corrected chi connectivity index (χ4v) is 5.87. The first-order valence-electron chi connectivity index (χ1n) is 11.8. The number of carbonyl (C=O) groups is 1. The molecule has 0 aliphatic rings. The summed E-state index contributed by atoms with van der Waals surface area (Å²) in [5.41, 5.74) is 0.726. The zero-order valence-electron chi connectivity index (χ0n) is 20.3. The molecule has 1 aromatic heterocycles. The summed E-state index contributed by atoms with van der Waals surface area (Å²) in [6.07, 6.45) is 1.52. The number of halogens is 1. The van der Waals surface area contributed by atoms with Crippen molar-refractivity contribution in [3.05, 3.63) is 102 Å². The van der Waals surface area contributed by atoms with E-state index in [1.54, 1.807) is 48.5 Å². The number of sulfonamides is 1. The van der Waals surface area contributed by atoms with Crippen LogP contribution in [0.3, 0.4) is 0 Å². The highest BCUT2D eigenvalue weighted by Crippen LogP contribution is 2.26. The summed E-state index contributed by atoms with van der Waals surface area (Å²) in [5.74, 6) is -0.178. The van der Waals surface area contributed by atoms with Crippen LogP contribution in [0.2, 0.25) is 0 Å². The molecule has 6 nitrogen and oxygen atoms in total. The molecule has 188 valence electrons. The number of benzene rings is 3. The molecule has 3 aromatic carbocycles. The van der Waals surface area contributed by atoms with E-state index in [9.17, 15) is 17.6 Å². The molecule has 0 bridgehead atoms. The lowest BCUT2D eigenvalue weighted by Crippen LogP contribution is -2.43. The Balaban J connectivity index is 1.65. The van der Waals surface area contributed by atoms with Gasteiger partial charge in [-0.2, -0.15) is 4.31 Å². The van der Waals surface area contributed by atoms with Gasteiger partial charge in [0.2, 0.25) is 15.9 Å². The third-order valence-corrected chi connectivity index (χ3v) is 7.68. The monoisotopic (exact) mass is 508 g/mol. The summed E-state index contributed by atoms with van der Waals surface area (Å²) in [4.78, 5) is 15.3. The lowest BCUT2D eigenvalue weighted by Gasteiger charge is -2.28. The predicted octanol–water partition coefficient (Wildman–Crippen LogP) is 5.45. The van der Waals surface area contributed by atoms with Gasteiger partial charge in [0.15, 0.2) is 0 Å². The molecule has 0 saturated carbocycles. The molecule has 4 rings (SSSR count). The molecule has 1 heterocycles. The lowest BCUT2D eigenvalue weighted by atomic mass is 10.1. The van der Waals surface area contributed by atoms with E-state index in [-0.39, 0.29) is 48.7 Å². The van der Waals surface area contributed by atoms with Crippen molar-refractivity contribution in [2.45, 2.75) is 31.8 Å². The first-order chi connectivity index (χ1) is 17.2. The molecule has 0 fully saturated rings. The number of amides is 1. The van der Waals surface area contributed by atoms with Gasteiger partial charge < -0.3 is 9.32 Å². The predicted molar refractivity (Wildman–Crippen MR) is 137 cm³/mol. The van der Waals surface area contributed by atoms with Crippen LogP contribution in [0, 0.1) is 11.7 Å². The Morgan fingerprint density at radius 3 is 2.33 bits per heavy atom. The molecule has 0 spiro atoms. The highest BCUT2D eigenvalue weighted by atomic mass is 32.2. The van der Waals surface area contributed by atoms with Gasteiger partial charge in [0.25, 0.3) is 0 Å². The maximum atomic E-state index is 13.8. The van der Waals surface area contributed by atoms with Gasteiger partial charge in [-0.3, -0.25) is 4.79 Å². The molecule has 8 heteroatoms. The van der Waals surface area contributed by atoms with Crippen LogP contribution < -0.4 is 0 Å². The van der Waals surface area contributed by atoms with Gasteiger partial charge >= 0.3 is 0 Å². The Bertz CT molecular complexity index is 1410. The molecule has 4 aromatic rings. The van der Waals surface area contributed by atoms with Crippen molar-refractivity contribution >= 4 is 26.7 Å². The Kier molecular flexibility index (Phi) is 7.86. The fourth-order valence-electron chi connectivity index (χ4n) is 4.10. The van der Waals surface area contributed by atoms with Crippen molar-refractivity contribution in [3.63, 3.8) is 0 Å². The molecule has 36 heavy (non-hydrogen) atoms. The fraction of sp³-hybridized carbons (Fsp3) is 0.250. The second kappa shape index (κ2) is 11.1. The van der Waals surface area contributed by atoms with E-state index >= 15 is 0 Å². The van der Waals surface area contributed by atoms with E-state index in [4.69, 9.17) is 4.42 Å². The van der Waals surface area contributed by atoms with Crippen LogP contribution in [0.5, 0.6) is 0 Å². The third-order valence-electron chi connectivity index (χ3n) is 5.81. The van der Waals surface area contributed by atoms with Crippen molar-refractivity contribution in [1.82, 2.24) is 9.21 Å². The van der Waals surface area contributed by atoms with Gasteiger partial charge in [-0.25, -0.2) is 12.8 Å². The minimum absolute atomic E-state index is 0.00169. The van der Waals surface area contributed by atoms with Crippen LogP contribution in [0.4, 0.5) is 4.39 Å². The standard InChI is InChI=1S/C28H29FN2O4S/c1-21(2)17-31(36(33,34)27-11-5-8-23-7-3-4-10-26(23)27)20-28(32)30(19-25-9-6-16-35-25)18-22-12-14-24(29)15-13-22/h3-16,21H,17-20H2,1-2H3. The number of fused-ring (bicyclic) bond motifs is 1. The average molecular weight is 509 g/mol. The number of hydrogen-bond acceptors (Lipinski definition) is 4. The minimum Gasteiger partial charge on any atom is -0.467 e. The molecular formula is C28H29FN2O4S. The van der Waals surface area contributed by atoms with Crippen molar-refractivity contribution in [3.8, 4) is 0 Å². The van der Waals surface area contributed by atoms with Crippen LogP contribution in [0.25, 0.3) is 10.8 Å². The number of carbonyl (C=O) groups excluding carboxylic acids is 1. The van der Waals surface area contributed by atoms with Crippen LogP contribution in [-0.4, -0.2) is 36.6 Å². The molecule has 0 aliphatic carbocycles. The summed E-state index contributed by atoms with van der Waals surface area (Å²) < 4.78 is 47.8. The molecular weight excluding hydrogens is 479 g/mol. The Hall–Kier alpha value is -3.49. The number of rotatable bonds is 10. The van der Waals surface area contributed by atoms with Gasteiger partial charge in [-0.15, -0.1) is 0 Å². The third kappa shape index (κ3) is 6.01. The van der Waals surface area contributed by atoms with Gasteiger partial charge in [0.1, 0.15) is 11.6 Å². The van der Waals surface area contributed by atoms with E-state index in [1.165, 1.54) is 27.6 Å². The first kappa shape index (κ1) is 25.6. The average Bonchev–Trinajstić information content (AvgIpc) is 3.37. The summed E-state index contributed by atoms with van der Waals surface area (Å²) in [5, 5.41) is 1.42. The van der Waals surface area contributed by atoms with Crippen molar-refractivity contribution in [2.24, 2.45) is 5.92 Å². The van der Waals surface area contributed by atoms with Crippen molar-refractivity contribution < 1.29 is 22.0 Å². The highest BCUT2D eigenvalue weighted by Gasteiger charge is 2.30. The first-order valence-corrected chi connectivity index (χ1v) is 13.2. The minimum atomic E-state index is -3.98. The summed E-state index contributed by atoms with van der Waals surface area (Å²) in [6, 6.07) is 21.8. The van der Waals surface area contributed by atoms with Gasteiger partial charge in [-0.05, 0) is 47.2 Å². The Morgan fingerprint density at radius 2 is 1.64 bits per heavy atom. The molecule has 0 aliphatic heterocycles. The Labute approximate surface area is 211 Å². The Morgan fingerprint density at radius 1 is 0.917 bits per heavy atom. The smallest absolute Gasteiger partial charge is 0.244 e. The number of furan rings is 1. The summed E-state index contributed by atoms with van der Waals surface area (Å²) in [7, 11) is -3.98. The van der Waals surface area contributed by atoms with Gasteiger partial charge in [0, 0.05) is 18.5 Å².